The van der Waals surface area contributed by atoms with Gasteiger partial charge in [-0.2, -0.15) is 0 Å². The summed E-state index contributed by atoms with van der Waals surface area (Å²) in [5, 5.41) is 7.25. The van der Waals surface area contributed by atoms with Gasteiger partial charge in [-0.05, 0) is 42.9 Å². The maximum absolute atomic E-state index is 13.3. The highest BCUT2D eigenvalue weighted by Gasteiger charge is 2.42. The van der Waals surface area contributed by atoms with Crippen molar-refractivity contribution in [3.05, 3.63) is 52.6 Å². The molecule has 0 unspecified atom stereocenters. The summed E-state index contributed by atoms with van der Waals surface area (Å²) in [6, 6.07) is 8.73. The SMILES string of the molecule is CC(C)CC1(CC(C)C)Nc2ccc3c(c2N1)C(=O)c1cccc(N)c1C3=O. The first-order valence-corrected chi connectivity index (χ1v) is 9.93. The van der Waals surface area contributed by atoms with Crippen molar-refractivity contribution in [1.29, 1.82) is 0 Å². The molecule has 5 heteroatoms. The van der Waals surface area contributed by atoms with Crippen molar-refractivity contribution in [3.63, 3.8) is 0 Å². The molecule has 4 N–H and O–H groups in total. The van der Waals surface area contributed by atoms with Gasteiger partial charge in [-0.15, -0.1) is 0 Å². The smallest absolute Gasteiger partial charge is 0.196 e. The number of ketones is 2. The van der Waals surface area contributed by atoms with Gasteiger partial charge >= 0.3 is 0 Å². The van der Waals surface area contributed by atoms with E-state index in [-0.39, 0.29) is 17.2 Å². The summed E-state index contributed by atoms with van der Waals surface area (Å²) in [5.41, 5.74) is 9.26. The lowest BCUT2D eigenvalue weighted by Gasteiger charge is -2.34. The predicted octanol–water partition coefficient (Wildman–Crippen LogP) is 4.67. The van der Waals surface area contributed by atoms with Gasteiger partial charge in [-0.1, -0.05) is 39.8 Å². The molecule has 0 fully saturated rings. The molecule has 0 amide bonds. The lowest BCUT2D eigenvalue weighted by atomic mass is 9.82. The zero-order valence-electron chi connectivity index (χ0n) is 16.8. The molecule has 0 atom stereocenters. The molecule has 2 aromatic carbocycles. The lowest BCUT2D eigenvalue weighted by Crippen LogP contribution is -2.44. The number of benzene rings is 2. The van der Waals surface area contributed by atoms with E-state index in [0.29, 0.717) is 39.8 Å². The van der Waals surface area contributed by atoms with E-state index in [2.05, 4.69) is 38.3 Å². The Balaban J connectivity index is 1.84. The van der Waals surface area contributed by atoms with Gasteiger partial charge in [-0.25, -0.2) is 0 Å². The Hall–Kier alpha value is -2.82. The first kappa shape index (κ1) is 18.5. The zero-order chi connectivity index (χ0) is 20.2. The van der Waals surface area contributed by atoms with Crippen molar-refractivity contribution in [2.24, 2.45) is 11.8 Å². The third-order valence-electron chi connectivity index (χ3n) is 5.50. The quantitative estimate of drug-likeness (QED) is 0.575. The van der Waals surface area contributed by atoms with Gasteiger partial charge in [0, 0.05) is 16.8 Å². The summed E-state index contributed by atoms with van der Waals surface area (Å²) in [7, 11) is 0. The van der Waals surface area contributed by atoms with Crippen LogP contribution in [0.4, 0.5) is 17.1 Å². The molecule has 1 heterocycles. The molecule has 0 saturated heterocycles. The van der Waals surface area contributed by atoms with Crippen LogP contribution in [-0.4, -0.2) is 17.2 Å². The van der Waals surface area contributed by atoms with Crippen molar-refractivity contribution < 1.29 is 9.59 Å². The third-order valence-corrected chi connectivity index (χ3v) is 5.50. The summed E-state index contributed by atoms with van der Waals surface area (Å²) < 4.78 is 0. The number of nitrogens with two attached hydrogens (primary N) is 1. The van der Waals surface area contributed by atoms with Crippen LogP contribution >= 0.6 is 0 Å². The molecule has 0 bridgehead atoms. The Labute approximate surface area is 165 Å². The van der Waals surface area contributed by atoms with Crippen molar-refractivity contribution in [2.45, 2.75) is 46.2 Å². The van der Waals surface area contributed by atoms with Gasteiger partial charge in [0.25, 0.3) is 0 Å². The van der Waals surface area contributed by atoms with Crippen LogP contribution in [0.3, 0.4) is 0 Å². The van der Waals surface area contributed by atoms with E-state index in [1.54, 1.807) is 24.3 Å². The molecule has 28 heavy (non-hydrogen) atoms. The number of fused-ring (bicyclic) bond motifs is 4. The van der Waals surface area contributed by atoms with Crippen molar-refractivity contribution in [2.75, 3.05) is 16.4 Å². The normalized spacial score (nSPS) is 16.5. The van der Waals surface area contributed by atoms with Crippen LogP contribution in [0, 0.1) is 11.8 Å². The van der Waals surface area contributed by atoms with Crippen LogP contribution in [0.1, 0.15) is 72.4 Å². The second-order valence-electron chi connectivity index (χ2n) is 8.87. The molecular formula is C23H27N3O2. The fourth-order valence-electron chi connectivity index (χ4n) is 4.75. The summed E-state index contributed by atoms with van der Waals surface area (Å²) in [6.45, 7) is 8.77. The summed E-state index contributed by atoms with van der Waals surface area (Å²) in [5.74, 6) is 0.619. The van der Waals surface area contributed by atoms with Crippen LogP contribution < -0.4 is 16.4 Å². The number of hydrogen-bond acceptors (Lipinski definition) is 5. The highest BCUT2D eigenvalue weighted by Crippen LogP contribution is 2.46. The number of carbonyl (C=O) groups excluding carboxylic acids is 2. The van der Waals surface area contributed by atoms with E-state index in [4.69, 9.17) is 5.73 Å². The minimum atomic E-state index is -0.320. The van der Waals surface area contributed by atoms with Gasteiger partial charge in [0.1, 0.15) is 5.66 Å². The highest BCUT2D eigenvalue weighted by atomic mass is 16.1. The summed E-state index contributed by atoms with van der Waals surface area (Å²) in [6.07, 6.45) is 1.83. The Bertz CT molecular complexity index is 982. The maximum atomic E-state index is 13.3. The van der Waals surface area contributed by atoms with Crippen LogP contribution in [0.2, 0.25) is 0 Å². The molecule has 0 radical (unpaired) electrons. The van der Waals surface area contributed by atoms with E-state index in [1.165, 1.54) is 0 Å². The molecule has 0 spiro atoms. The molecule has 2 aliphatic rings. The lowest BCUT2D eigenvalue weighted by molar-refractivity contribution is 0.0980. The van der Waals surface area contributed by atoms with E-state index in [0.717, 1.165) is 24.2 Å². The monoisotopic (exact) mass is 377 g/mol. The van der Waals surface area contributed by atoms with Crippen molar-refractivity contribution >= 4 is 28.6 Å². The zero-order valence-corrected chi connectivity index (χ0v) is 16.8. The van der Waals surface area contributed by atoms with Crippen LogP contribution in [0.15, 0.2) is 30.3 Å². The average Bonchev–Trinajstić information content (AvgIpc) is 2.94. The van der Waals surface area contributed by atoms with Crippen molar-refractivity contribution in [1.82, 2.24) is 0 Å². The topological polar surface area (TPSA) is 84.2 Å². The van der Waals surface area contributed by atoms with Crippen molar-refractivity contribution in [3.8, 4) is 0 Å². The van der Waals surface area contributed by atoms with Gasteiger partial charge < -0.3 is 16.4 Å². The van der Waals surface area contributed by atoms with E-state index < -0.39 is 0 Å². The van der Waals surface area contributed by atoms with Crippen LogP contribution in [-0.2, 0) is 0 Å². The number of nitrogens with one attached hydrogen (secondary N) is 2. The molecular weight excluding hydrogens is 350 g/mol. The Morgan fingerprint density at radius 3 is 2.11 bits per heavy atom. The maximum Gasteiger partial charge on any atom is 0.196 e. The Kier molecular flexibility index (Phi) is 4.21. The molecule has 1 aliphatic heterocycles. The van der Waals surface area contributed by atoms with E-state index in [1.807, 2.05) is 6.07 Å². The molecule has 146 valence electrons. The minimum Gasteiger partial charge on any atom is -0.398 e. The second kappa shape index (κ2) is 6.36. The van der Waals surface area contributed by atoms with Gasteiger partial charge in [-0.3, -0.25) is 9.59 Å². The van der Waals surface area contributed by atoms with Crippen LogP contribution in [0.5, 0.6) is 0 Å². The molecule has 0 saturated carbocycles. The summed E-state index contributed by atoms with van der Waals surface area (Å²) in [4.78, 5) is 26.5. The Morgan fingerprint density at radius 2 is 1.46 bits per heavy atom. The largest absolute Gasteiger partial charge is 0.398 e. The van der Waals surface area contributed by atoms with Gasteiger partial charge in [0.2, 0.25) is 0 Å². The average molecular weight is 377 g/mol. The molecule has 5 nitrogen and oxygen atoms in total. The number of nitrogen functional groups attached to an aromatic ring is 1. The molecule has 4 rings (SSSR count). The number of rotatable bonds is 4. The highest BCUT2D eigenvalue weighted by molar-refractivity contribution is 6.32. The summed E-state index contributed by atoms with van der Waals surface area (Å²) >= 11 is 0. The molecule has 1 aliphatic carbocycles. The predicted molar refractivity (Wildman–Crippen MR) is 113 cm³/mol. The molecule has 0 aromatic heterocycles. The van der Waals surface area contributed by atoms with E-state index in [9.17, 15) is 9.59 Å². The third kappa shape index (κ3) is 2.77. The first-order valence-electron chi connectivity index (χ1n) is 9.93. The van der Waals surface area contributed by atoms with Gasteiger partial charge in [0.05, 0.1) is 22.5 Å². The minimum absolute atomic E-state index is 0.145. The number of carbonyl (C=O) groups is 2. The van der Waals surface area contributed by atoms with Crippen LogP contribution in [0.25, 0.3) is 0 Å². The standard InChI is InChI=1S/C23H27N3O2/c1-12(2)10-23(11-13(3)4)25-17-9-8-15-19(20(17)26-23)22(28)14-6-5-7-16(24)18(14)21(15)27/h5-9,12-13,25-26H,10-11,24H2,1-4H3. The Morgan fingerprint density at radius 1 is 0.857 bits per heavy atom. The second-order valence-corrected chi connectivity index (χ2v) is 8.87. The number of anilines is 3. The fraction of sp³-hybridized carbons (Fsp3) is 0.391. The molecule has 2 aromatic rings. The first-order chi connectivity index (χ1) is 13.2. The van der Waals surface area contributed by atoms with Gasteiger partial charge in [0.15, 0.2) is 11.6 Å². The number of hydrogen-bond donors (Lipinski definition) is 3. The fourth-order valence-corrected chi connectivity index (χ4v) is 4.75. The van der Waals surface area contributed by atoms with E-state index >= 15 is 0 Å².